The molecule has 6 heteroatoms. The Labute approximate surface area is 270 Å². The molecule has 0 saturated carbocycles. The largest absolute Gasteiger partial charge is 0.497 e. The lowest BCUT2D eigenvalue weighted by Gasteiger charge is -2.51. The molecule has 6 nitrogen and oxygen atoms in total. The van der Waals surface area contributed by atoms with Crippen LogP contribution in [0.15, 0.2) is 134 Å². The summed E-state index contributed by atoms with van der Waals surface area (Å²) in [6.45, 7) is 6.00. The second-order valence-electron chi connectivity index (χ2n) is 12.3. The number of pyridine rings is 1. The maximum Gasteiger partial charge on any atom is 0.409 e. The number of aromatic nitrogens is 1. The van der Waals surface area contributed by atoms with Crippen LogP contribution in [0, 0.1) is 11.8 Å². The summed E-state index contributed by atoms with van der Waals surface area (Å²) < 4.78 is 12.3. The normalized spacial score (nSPS) is 21.3. The van der Waals surface area contributed by atoms with E-state index >= 15 is 0 Å². The molecule has 3 saturated heterocycles. The van der Waals surface area contributed by atoms with E-state index in [-0.39, 0.29) is 6.04 Å². The maximum absolute atomic E-state index is 14.6. The van der Waals surface area contributed by atoms with Crippen LogP contribution in [-0.2, 0) is 10.3 Å². The number of methoxy groups -OCH3 is 1. The predicted molar refractivity (Wildman–Crippen MR) is 182 cm³/mol. The zero-order valence-corrected chi connectivity index (χ0v) is 26.1. The molecule has 1 unspecified atom stereocenters. The number of carbonyl (C=O) groups is 1. The van der Waals surface area contributed by atoms with Crippen molar-refractivity contribution < 1.29 is 14.3 Å². The molecule has 0 radical (unpaired) electrons. The number of fused-ring (bicyclic) bond motifs is 4. The molecule has 3 aliphatic rings. The van der Waals surface area contributed by atoms with Crippen molar-refractivity contribution in [3.63, 3.8) is 0 Å². The van der Waals surface area contributed by atoms with Gasteiger partial charge in [0, 0.05) is 23.7 Å². The summed E-state index contributed by atoms with van der Waals surface area (Å²) in [6, 6.07) is 38.2. The number of hydrogen-bond acceptors (Lipinski definition) is 5. The van der Waals surface area contributed by atoms with Crippen LogP contribution in [0.1, 0.15) is 41.2 Å². The SMILES string of the molecule is C=C[C@H]1CN2CC[C@H]1C[C@H]2[C@H](OC(=O)NC(c1ccccc1)(c1ccccc1)c1ccccc1)c1ccnc2ccc(OC)cc12. The summed E-state index contributed by atoms with van der Waals surface area (Å²) in [4.78, 5) is 21.7. The van der Waals surface area contributed by atoms with Gasteiger partial charge in [-0.2, -0.15) is 0 Å². The van der Waals surface area contributed by atoms with Gasteiger partial charge in [-0.3, -0.25) is 9.88 Å². The Bertz CT molecular complexity index is 1720. The van der Waals surface area contributed by atoms with Gasteiger partial charge in [-0.1, -0.05) is 97.1 Å². The molecule has 3 fully saturated rings. The molecule has 0 spiro atoms. The lowest BCUT2D eigenvalue weighted by Crippen LogP contribution is -2.56. The fourth-order valence-corrected chi connectivity index (χ4v) is 7.64. The topological polar surface area (TPSA) is 63.7 Å². The Hall–Kier alpha value is -4.94. The Morgan fingerprint density at radius 3 is 2.11 bits per heavy atom. The van der Waals surface area contributed by atoms with Crippen LogP contribution >= 0.6 is 0 Å². The second-order valence-corrected chi connectivity index (χ2v) is 12.3. The molecule has 4 heterocycles. The minimum absolute atomic E-state index is 0.0112. The highest BCUT2D eigenvalue weighted by Gasteiger charge is 2.45. The summed E-state index contributed by atoms with van der Waals surface area (Å²) in [6.07, 6.45) is 4.92. The Morgan fingerprint density at radius 1 is 0.935 bits per heavy atom. The third-order valence-corrected chi connectivity index (χ3v) is 9.94. The van der Waals surface area contributed by atoms with Gasteiger partial charge in [-0.05, 0) is 72.2 Å². The highest BCUT2D eigenvalue weighted by molar-refractivity contribution is 5.84. The van der Waals surface area contributed by atoms with Crippen molar-refractivity contribution >= 4 is 17.0 Å². The van der Waals surface area contributed by atoms with Gasteiger partial charge in [0.2, 0.25) is 0 Å². The van der Waals surface area contributed by atoms with E-state index in [1.165, 1.54) is 0 Å². The molecule has 0 aliphatic carbocycles. The third kappa shape index (κ3) is 5.43. The average molecular weight is 610 g/mol. The number of hydrogen-bond donors (Lipinski definition) is 1. The fourth-order valence-electron chi connectivity index (χ4n) is 7.64. The quantitative estimate of drug-likeness (QED) is 0.136. The van der Waals surface area contributed by atoms with E-state index in [1.807, 2.05) is 85.1 Å². The summed E-state index contributed by atoms with van der Waals surface area (Å²) >= 11 is 0. The number of ether oxygens (including phenoxy) is 2. The van der Waals surface area contributed by atoms with E-state index < -0.39 is 17.7 Å². The third-order valence-electron chi connectivity index (χ3n) is 9.94. The van der Waals surface area contributed by atoms with Crippen molar-refractivity contribution in [3.05, 3.63) is 156 Å². The fraction of sp³-hybridized carbons (Fsp3) is 0.250. The molecule has 2 bridgehead atoms. The van der Waals surface area contributed by atoms with E-state index in [1.54, 1.807) is 7.11 Å². The van der Waals surface area contributed by atoms with E-state index in [4.69, 9.17) is 9.47 Å². The second kappa shape index (κ2) is 12.8. The van der Waals surface area contributed by atoms with Crippen LogP contribution in [0.3, 0.4) is 0 Å². The van der Waals surface area contributed by atoms with Gasteiger partial charge >= 0.3 is 6.09 Å². The van der Waals surface area contributed by atoms with Crippen molar-refractivity contribution in [2.45, 2.75) is 30.5 Å². The molecule has 1 aromatic heterocycles. The standard InChI is InChI=1S/C40H39N3O3/c1-3-28-27-43-24-22-29(28)25-37(43)38(34-21-23-41-36-20-19-33(45-2)26-35(34)36)46-39(44)42-40(30-13-7-4-8-14-30,31-15-9-5-10-16-31)32-17-11-6-12-18-32/h3-21,23,26,28-29,37-38H,1,22,24-25,27H2,2H3,(H,42,44)/t28-,29-,37-,38+/m0/s1. The smallest absolute Gasteiger partial charge is 0.409 e. The number of alkyl carbamates (subject to hydrolysis) is 1. The molecule has 1 amide bonds. The maximum atomic E-state index is 14.6. The molecule has 8 rings (SSSR count). The molecular weight excluding hydrogens is 570 g/mol. The zero-order valence-electron chi connectivity index (χ0n) is 26.1. The number of carbonyl (C=O) groups excluding carboxylic acids is 1. The van der Waals surface area contributed by atoms with Gasteiger partial charge in [0.25, 0.3) is 0 Å². The van der Waals surface area contributed by atoms with Gasteiger partial charge in [0.15, 0.2) is 0 Å². The van der Waals surface area contributed by atoms with Crippen LogP contribution in [0.4, 0.5) is 4.79 Å². The van der Waals surface area contributed by atoms with Crippen molar-refractivity contribution in [1.82, 2.24) is 15.2 Å². The van der Waals surface area contributed by atoms with Crippen molar-refractivity contribution in [1.29, 1.82) is 0 Å². The first-order chi connectivity index (χ1) is 22.6. The van der Waals surface area contributed by atoms with Gasteiger partial charge in [-0.25, -0.2) is 4.79 Å². The molecule has 1 N–H and O–H groups in total. The Balaban J connectivity index is 1.33. The van der Waals surface area contributed by atoms with Crippen LogP contribution in [0.2, 0.25) is 0 Å². The first kappa shape index (κ1) is 29.8. The monoisotopic (exact) mass is 609 g/mol. The van der Waals surface area contributed by atoms with Gasteiger partial charge < -0.3 is 14.8 Å². The predicted octanol–water partition coefficient (Wildman–Crippen LogP) is 7.90. The highest BCUT2D eigenvalue weighted by Crippen LogP contribution is 2.44. The summed E-state index contributed by atoms with van der Waals surface area (Å²) in [5.74, 6) is 1.68. The van der Waals surface area contributed by atoms with Gasteiger partial charge in [0.05, 0.1) is 18.7 Å². The molecule has 46 heavy (non-hydrogen) atoms. The van der Waals surface area contributed by atoms with Crippen LogP contribution in [0.5, 0.6) is 5.75 Å². The minimum Gasteiger partial charge on any atom is -0.497 e. The molecular formula is C40H39N3O3. The number of nitrogens with one attached hydrogen (secondary N) is 1. The van der Waals surface area contributed by atoms with Crippen LogP contribution < -0.4 is 10.1 Å². The number of piperidine rings is 3. The van der Waals surface area contributed by atoms with Gasteiger partial charge in [-0.15, -0.1) is 6.58 Å². The minimum atomic E-state index is -0.991. The van der Waals surface area contributed by atoms with Crippen molar-refractivity contribution in [3.8, 4) is 5.75 Å². The number of nitrogens with zero attached hydrogens (tertiary/aromatic N) is 2. The molecule has 232 valence electrons. The first-order valence-corrected chi connectivity index (χ1v) is 16.1. The van der Waals surface area contributed by atoms with E-state index in [0.717, 1.165) is 64.8 Å². The lowest BCUT2D eigenvalue weighted by atomic mass is 9.73. The van der Waals surface area contributed by atoms with E-state index in [0.29, 0.717) is 11.8 Å². The van der Waals surface area contributed by atoms with Crippen molar-refractivity contribution in [2.24, 2.45) is 11.8 Å². The molecule has 5 atom stereocenters. The Morgan fingerprint density at radius 2 is 1.57 bits per heavy atom. The van der Waals surface area contributed by atoms with E-state index in [9.17, 15) is 4.79 Å². The number of benzene rings is 4. The molecule has 5 aromatic rings. The first-order valence-electron chi connectivity index (χ1n) is 16.1. The zero-order chi connectivity index (χ0) is 31.5. The van der Waals surface area contributed by atoms with Gasteiger partial charge in [0.1, 0.15) is 17.4 Å². The summed E-state index contributed by atoms with van der Waals surface area (Å²) in [5, 5.41) is 4.34. The summed E-state index contributed by atoms with van der Waals surface area (Å²) in [5.41, 5.74) is 3.59. The Kier molecular flexibility index (Phi) is 8.29. The average Bonchev–Trinajstić information content (AvgIpc) is 3.13. The van der Waals surface area contributed by atoms with Crippen LogP contribution in [-0.4, -0.2) is 42.2 Å². The molecule has 3 aliphatic heterocycles. The summed E-state index contributed by atoms with van der Waals surface area (Å²) in [7, 11) is 1.66. The van der Waals surface area contributed by atoms with Crippen molar-refractivity contribution in [2.75, 3.05) is 20.2 Å². The lowest BCUT2D eigenvalue weighted by molar-refractivity contribution is -0.0505. The number of amides is 1. The number of rotatable bonds is 9. The molecule has 4 aromatic carbocycles. The van der Waals surface area contributed by atoms with Crippen LogP contribution in [0.25, 0.3) is 10.9 Å². The van der Waals surface area contributed by atoms with E-state index in [2.05, 4.69) is 64.3 Å². The highest BCUT2D eigenvalue weighted by atomic mass is 16.6.